The first kappa shape index (κ1) is 18.3. The highest BCUT2D eigenvalue weighted by atomic mass is 16.6. The van der Waals surface area contributed by atoms with Crippen LogP contribution in [0.1, 0.15) is 22.3 Å². The zero-order valence-corrected chi connectivity index (χ0v) is 13.6. The van der Waals surface area contributed by atoms with E-state index in [0.29, 0.717) is 18.7 Å². The van der Waals surface area contributed by atoms with Crippen molar-refractivity contribution in [1.29, 1.82) is 0 Å². The van der Waals surface area contributed by atoms with Gasteiger partial charge in [0.05, 0.1) is 18.5 Å². The lowest BCUT2D eigenvalue weighted by molar-refractivity contribution is -0.385. The molecule has 10 nitrogen and oxygen atoms in total. The smallest absolute Gasteiger partial charge is 0.307 e. The molecule has 1 aliphatic rings. The molecule has 1 aromatic carbocycles. The topological polar surface area (TPSA) is 145 Å². The zero-order chi connectivity index (χ0) is 18.6. The second-order valence-electron chi connectivity index (χ2n) is 5.52. The van der Waals surface area contributed by atoms with Crippen LogP contribution in [0, 0.1) is 10.1 Å². The number of piperazine rings is 1. The molecule has 10 heteroatoms. The van der Waals surface area contributed by atoms with Crippen molar-refractivity contribution in [1.82, 2.24) is 10.2 Å². The van der Waals surface area contributed by atoms with Gasteiger partial charge in [0.1, 0.15) is 6.04 Å². The molecule has 1 saturated heterocycles. The fourth-order valence-corrected chi connectivity index (χ4v) is 2.65. The molecule has 0 aromatic heterocycles. The Kier molecular flexibility index (Phi) is 5.65. The van der Waals surface area contributed by atoms with Crippen molar-refractivity contribution in [2.24, 2.45) is 5.73 Å². The fourth-order valence-electron chi connectivity index (χ4n) is 2.65. The number of primary amides is 1. The number of hydrogen-bond acceptors (Lipinski definition) is 7. The summed E-state index contributed by atoms with van der Waals surface area (Å²) in [7, 11) is 1.22. The number of nitro benzene ring substituents is 1. The molecule has 25 heavy (non-hydrogen) atoms. The summed E-state index contributed by atoms with van der Waals surface area (Å²) in [5, 5.41) is 13.9. The molecule has 0 saturated carbocycles. The van der Waals surface area contributed by atoms with Gasteiger partial charge in [-0.25, -0.2) is 0 Å². The first-order chi connectivity index (χ1) is 11.8. The average molecular weight is 350 g/mol. The Bertz CT molecular complexity index is 720. The van der Waals surface area contributed by atoms with E-state index in [9.17, 15) is 24.5 Å². The minimum absolute atomic E-state index is 0.0259. The van der Waals surface area contributed by atoms with E-state index in [1.807, 2.05) is 0 Å². The van der Waals surface area contributed by atoms with Gasteiger partial charge in [0.25, 0.3) is 5.69 Å². The van der Waals surface area contributed by atoms with Crippen molar-refractivity contribution in [3.63, 3.8) is 0 Å². The van der Waals surface area contributed by atoms with Gasteiger partial charge in [0.2, 0.25) is 11.8 Å². The van der Waals surface area contributed by atoms with Crippen LogP contribution in [-0.4, -0.2) is 53.8 Å². The summed E-state index contributed by atoms with van der Waals surface area (Å²) >= 11 is 0. The second kappa shape index (κ2) is 7.71. The van der Waals surface area contributed by atoms with Crippen LogP contribution in [0.2, 0.25) is 0 Å². The largest absolute Gasteiger partial charge is 0.469 e. The highest BCUT2D eigenvalue weighted by Gasteiger charge is 2.33. The van der Waals surface area contributed by atoms with Crippen molar-refractivity contribution in [2.75, 3.05) is 20.2 Å². The van der Waals surface area contributed by atoms with Crippen LogP contribution >= 0.6 is 0 Å². The minimum atomic E-state index is -0.781. The minimum Gasteiger partial charge on any atom is -0.469 e. The van der Waals surface area contributed by atoms with Crippen molar-refractivity contribution in [2.45, 2.75) is 19.0 Å². The number of benzene rings is 1. The summed E-state index contributed by atoms with van der Waals surface area (Å²) in [6, 6.07) is 3.15. The standard InChI is InChI=1S/C15H18N4O6/c1-25-13(20)7-12-15(22)17-4-5-18(12)8-10-3-2-9(14(16)21)6-11(10)19(23)24/h2-3,6,12H,4-5,7-8H2,1H3,(H2,16,21)(H,17,22). The van der Waals surface area contributed by atoms with E-state index < -0.39 is 22.8 Å². The summed E-state index contributed by atoms with van der Waals surface area (Å²) in [5.41, 5.74) is 5.23. The highest BCUT2D eigenvalue weighted by Crippen LogP contribution is 2.24. The Morgan fingerprint density at radius 3 is 2.80 bits per heavy atom. The number of methoxy groups -OCH3 is 1. The predicted molar refractivity (Wildman–Crippen MR) is 85.5 cm³/mol. The summed E-state index contributed by atoms with van der Waals surface area (Å²) < 4.78 is 4.60. The number of hydrogen-bond donors (Lipinski definition) is 2. The predicted octanol–water partition coefficient (Wildman–Crippen LogP) is -0.443. The Morgan fingerprint density at radius 1 is 1.48 bits per heavy atom. The molecule has 0 bridgehead atoms. The maximum Gasteiger partial charge on any atom is 0.307 e. The second-order valence-corrected chi connectivity index (χ2v) is 5.52. The number of nitrogens with zero attached hydrogens (tertiary/aromatic N) is 2. The van der Waals surface area contributed by atoms with Crippen LogP contribution < -0.4 is 11.1 Å². The molecule has 1 atom stereocenters. The third-order valence-corrected chi connectivity index (χ3v) is 3.97. The number of nitrogens with one attached hydrogen (secondary N) is 1. The van der Waals surface area contributed by atoms with E-state index in [-0.39, 0.29) is 30.1 Å². The number of nitrogens with two attached hydrogens (primary N) is 1. The molecule has 2 amide bonds. The lowest BCUT2D eigenvalue weighted by Gasteiger charge is -2.34. The van der Waals surface area contributed by atoms with Gasteiger partial charge in [-0.1, -0.05) is 6.07 Å². The molecular formula is C15H18N4O6. The third kappa shape index (κ3) is 4.29. The van der Waals surface area contributed by atoms with Crippen LogP contribution in [0.4, 0.5) is 5.69 Å². The van der Waals surface area contributed by atoms with E-state index in [1.54, 1.807) is 4.90 Å². The molecule has 2 rings (SSSR count). The first-order valence-electron chi connectivity index (χ1n) is 7.49. The van der Waals surface area contributed by atoms with Crippen LogP contribution in [0.25, 0.3) is 0 Å². The summed E-state index contributed by atoms with van der Waals surface area (Å²) in [5.74, 6) is -1.66. The van der Waals surface area contributed by atoms with Crippen LogP contribution in [0.15, 0.2) is 18.2 Å². The Labute approximate surface area is 143 Å². The fraction of sp³-hybridized carbons (Fsp3) is 0.400. The Balaban J connectivity index is 2.29. The van der Waals surface area contributed by atoms with Crippen molar-refractivity contribution in [3.05, 3.63) is 39.4 Å². The molecule has 0 aliphatic carbocycles. The van der Waals surface area contributed by atoms with E-state index >= 15 is 0 Å². The van der Waals surface area contributed by atoms with E-state index in [4.69, 9.17) is 5.73 Å². The summed E-state index contributed by atoms with van der Waals surface area (Å²) in [4.78, 5) is 47.1. The van der Waals surface area contributed by atoms with E-state index in [2.05, 4.69) is 10.1 Å². The number of rotatable bonds is 6. The lowest BCUT2D eigenvalue weighted by Crippen LogP contribution is -2.55. The Morgan fingerprint density at radius 2 is 2.20 bits per heavy atom. The van der Waals surface area contributed by atoms with Gasteiger partial charge in [-0.2, -0.15) is 0 Å². The molecule has 134 valence electrons. The monoisotopic (exact) mass is 350 g/mol. The number of carbonyl (C=O) groups is 3. The van der Waals surface area contributed by atoms with Gasteiger partial charge in [-0.15, -0.1) is 0 Å². The quantitative estimate of drug-likeness (QED) is 0.402. The van der Waals surface area contributed by atoms with Gasteiger partial charge < -0.3 is 15.8 Å². The highest BCUT2D eigenvalue weighted by molar-refractivity contribution is 5.93. The molecule has 1 aliphatic heterocycles. The number of carbonyl (C=O) groups excluding carboxylic acids is 3. The number of nitro groups is 1. The van der Waals surface area contributed by atoms with Crippen molar-refractivity contribution in [3.8, 4) is 0 Å². The normalized spacial score (nSPS) is 17.6. The van der Waals surface area contributed by atoms with E-state index in [1.165, 1.54) is 19.2 Å². The third-order valence-electron chi connectivity index (χ3n) is 3.97. The van der Waals surface area contributed by atoms with Gasteiger partial charge in [0, 0.05) is 36.8 Å². The molecular weight excluding hydrogens is 332 g/mol. The molecule has 3 N–H and O–H groups in total. The maximum atomic E-state index is 12.1. The van der Waals surface area contributed by atoms with Crippen molar-refractivity contribution < 1.29 is 24.0 Å². The SMILES string of the molecule is COC(=O)CC1C(=O)NCCN1Cc1ccc(C(N)=O)cc1[N+](=O)[O-]. The maximum absolute atomic E-state index is 12.1. The molecule has 1 aromatic rings. The molecule has 1 heterocycles. The summed E-state index contributed by atoms with van der Waals surface area (Å²) in [6.45, 7) is 0.857. The van der Waals surface area contributed by atoms with Crippen molar-refractivity contribution >= 4 is 23.5 Å². The number of ether oxygens (including phenoxy) is 1. The Hall–Kier alpha value is -3.01. The van der Waals surface area contributed by atoms with Crippen LogP contribution in [0.3, 0.4) is 0 Å². The number of amides is 2. The first-order valence-corrected chi connectivity index (χ1v) is 7.49. The molecule has 1 unspecified atom stereocenters. The van der Waals surface area contributed by atoms with Gasteiger partial charge in [-0.3, -0.25) is 29.4 Å². The number of esters is 1. The van der Waals surface area contributed by atoms with E-state index in [0.717, 1.165) is 6.07 Å². The zero-order valence-electron chi connectivity index (χ0n) is 13.6. The summed E-state index contributed by atoms with van der Waals surface area (Å²) in [6.07, 6.45) is -0.157. The average Bonchev–Trinajstić information content (AvgIpc) is 2.57. The van der Waals surface area contributed by atoms with Gasteiger partial charge in [0.15, 0.2) is 0 Å². The van der Waals surface area contributed by atoms with Crippen LogP contribution in [-0.2, 0) is 20.9 Å². The lowest BCUT2D eigenvalue weighted by atomic mass is 10.0. The molecule has 1 fully saturated rings. The molecule has 0 radical (unpaired) electrons. The van der Waals surface area contributed by atoms with Gasteiger partial charge >= 0.3 is 5.97 Å². The molecule has 0 spiro atoms. The van der Waals surface area contributed by atoms with Crippen LogP contribution in [0.5, 0.6) is 0 Å². The van der Waals surface area contributed by atoms with Gasteiger partial charge in [-0.05, 0) is 6.07 Å².